The highest BCUT2D eigenvalue weighted by molar-refractivity contribution is 6.29. The summed E-state index contributed by atoms with van der Waals surface area (Å²) in [5.41, 5.74) is 10.3. The summed E-state index contributed by atoms with van der Waals surface area (Å²) in [5.74, 6) is 2.02. The van der Waals surface area contributed by atoms with Crippen molar-refractivity contribution in [2.75, 3.05) is 10.6 Å². The fourth-order valence-corrected chi connectivity index (χ4v) is 4.60. The summed E-state index contributed by atoms with van der Waals surface area (Å²) < 4.78 is 7.16. The Morgan fingerprint density at radius 3 is 2.68 bits per heavy atom. The summed E-state index contributed by atoms with van der Waals surface area (Å²) in [6.07, 6.45) is 5.39. The normalized spacial score (nSPS) is 15.0. The third-order valence-electron chi connectivity index (χ3n) is 6.34. The van der Waals surface area contributed by atoms with Crippen molar-refractivity contribution in [1.82, 2.24) is 24.7 Å². The molecule has 0 radical (unpaired) electrons. The number of fused-ring (bicyclic) bond motifs is 3. The topological polar surface area (TPSA) is 112 Å². The molecule has 4 aromatic rings. The van der Waals surface area contributed by atoms with E-state index in [2.05, 4.69) is 20.1 Å². The van der Waals surface area contributed by atoms with Crippen molar-refractivity contribution in [2.24, 2.45) is 7.05 Å². The smallest absolute Gasteiger partial charge is 0.262 e. The Morgan fingerprint density at radius 1 is 1.21 bits per heavy atom. The average Bonchev–Trinajstić information content (AvgIpc) is 3.46. The number of rotatable bonds is 5. The molecule has 1 fully saturated rings. The number of nitrogens with two attached hydrogens (primary N) is 1. The number of halogens is 1. The molecule has 0 unspecified atom stereocenters. The summed E-state index contributed by atoms with van der Waals surface area (Å²) in [6, 6.07) is 7.62. The first-order valence-corrected chi connectivity index (χ1v) is 11.5. The molecule has 172 valence electrons. The molecule has 3 aromatic heterocycles. The van der Waals surface area contributed by atoms with E-state index in [0.29, 0.717) is 41.5 Å². The Morgan fingerprint density at radius 2 is 1.97 bits per heavy atom. The molecule has 0 bridgehead atoms. The number of hydrogen-bond donors (Lipinski definition) is 1. The second-order valence-corrected chi connectivity index (χ2v) is 9.13. The Hall–Kier alpha value is -3.56. The van der Waals surface area contributed by atoms with Crippen LogP contribution < -0.4 is 10.6 Å². The third-order valence-corrected chi connectivity index (χ3v) is 6.53. The SMILES string of the molecule is Cn1nc(Cl)cc1N(Cc1ccc2c3c(c(N)nc2c1)COC3)C(=O)c1cnc(C2CC2)nc1. The molecule has 9 nitrogen and oxygen atoms in total. The van der Waals surface area contributed by atoms with E-state index in [1.165, 1.54) is 0 Å². The molecule has 1 saturated carbocycles. The maximum absolute atomic E-state index is 13.6. The zero-order chi connectivity index (χ0) is 23.4. The minimum atomic E-state index is -0.239. The highest BCUT2D eigenvalue weighted by atomic mass is 35.5. The molecule has 34 heavy (non-hydrogen) atoms. The number of nitrogens with zero attached hydrogens (tertiary/aromatic N) is 6. The Labute approximate surface area is 200 Å². The number of carbonyl (C=O) groups excluding carboxylic acids is 1. The number of ether oxygens (including phenoxy) is 1. The predicted molar refractivity (Wildman–Crippen MR) is 127 cm³/mol. The second-order valence-electron chi connectivity index (χ2n) is 8.74. The predicted octanol–water partition coefficient (Wildman–Crippen LogP) is 3.75. The molecule has 6 rings (SSSR count). The van der Waals surface area contributed by atoms with Crippen LogP contribution in [0.25, 0.3) is 10.9 Å². The van der Waals surface area contributed by atoms with Crippen LogP contribution in [0, 0.1) is 0 Å². The van der Waals surface area contributed by atoms with Crippen molar-refractivity contribution in [3.63, 3.8) is 0 Å². The number of carbonyl (C=O) groups is 1. The van der Waals surface area contributed by atoms with E-state index in [4.69, 9.17) is 22.1 Å². The van der Waals surface area contributed by atoms with Crippen molar-refractivity contribution in [1.29, 1.82) is 0 Å². The number of amides is 1. The number of pyridine rings is 1. The van der Waals surface area contributed by atoms with Crippen LogP contribution in [-0.4, -0.2) is 30.6 Å². The maximum Gasteiger partial charge on any atom is 0.262 e. The molecule has 1 amide bonds. The van der Waals surface area contributed by atoms with Gasteiger partial charge in [0.25, 0.3) is 5.91 Å². The van der Waals surface area contributed by atoms with E-state index in [9.17, 15) is 4.79 Å². The van der Waals surface area contributed by atoms with Crippen LogP contribution in [-0.2, 0) is 31.5 Å². The van der Waals surface area contributed by atoms with Gasteiger partial charge >= 0.3 is 0 Å². The van der Waals surface area contributed by atoms with Gasteiger partial charge in [-0.2, -0.15) is 5.10 Å². The molecule has 1 aliphatic carbocycles. The minimum Gasteiger partial charge on any atom is -0.383 e. The first kappa shape index (κ1) is 21.0. The lowest BCUT2D eigenvalue weighted by molar-refractivity contribution is 0.0982. The van der Waals surface area contributed by atoms with Gasteiger partial charge in [0.05, 0.1) is 30.8 Å². The van der Waals surface area contributed by atoms with Crippen LogP contribution in [0.4, 0.5) is 11.6 Å². The summed E-state index contributed by atoms with van der Waals surface area (Å²) in [7, 11) is 1.75. The summed E-state index contributed by atoms with van der Waals surface area (Å²) >= 11 is 6.15. The molecule has 0 spiro atoms. The maximum atomic E-state index is 13.6. The molecular weight excluding hydrogens is 454 g/mol. The molecule has 4 heterocycles. The van der Waals surface area contributed by atoms with Gasteiger partial charge in [-0.15, -0.1) is 0 Å². The number of anilines is 2. The number of aryl methyl sites for hydroxylation is 1. The van der Waals surface area contributed by atoms with Gasteiger partial charge in [-0.1, -0.05) is 23.7 Å². The van der Waals surface area contributed by atoms with Gasteiger partial charge in [-0.3, -0.25) is 14.4 Å². The molecule has 2 aliphatic rings. The van der Waals surface area contributed by atoms with Gasteiger partial charge < -0.3 is 10.5 Å². The van der Waals surface area contributed by atoms with Crippen LogP contribution >= 0.6 is 11.6 Å². The summed E-state index contributed by atoms with van der Waals surface area (Å²) in [6.45, 7) is 1.29. The summed E-state index contributed by atoms with van der Waals surface area (Å²) in [5, 5.41) is 5.53. The molecule has 0 atom stereocenters. The van der Waals surface area contributed by atoms with Crippen molar-refractivity contribution in [2.45, 2.75) is 38.5 Å². The fourth-order valence-electron chi connectivity index (χ4n) is 4.39. The number of aromatic nitrogens is 5. The highest BCUT2D eigenvalue weighted by Crippen LogP contribution is 2.37. The molecule has 1 aliphatic heterocycles. The minimum absolute atomic E-state index is 0.239. The average molecular weight is 476 g/mol. The molecular formula is C24H22ClN7O2. The van der Waals surface area contributed by atoms with E-state index in [1.54, 1.807) is 35.1 Å². The number of hydrogen-bond acceptors (Lipinski definition) is 7. The van der Waals surface area contributed by atoms with Crippen molar-refractivity contribution in [3.05, 3.63) is 69.9 Å². The van der Waals surface area contributed by atoms with Gasteiger partial charge in [0.15, 0.2) is 5.15 Å². The van der Waals surface area contributed by atoms with Crippen LogP contribution in [0.3, 0.4) is 0 Å². The Balaban J connectivity index is 1.37. The van der Waals surface area contributed by atoms with Crippen LogP contribution in [0.1, 0.15) is 51.6 Å². The lowest BCUT2D eigenvalue weighted by atomic mass is 10.0. The molecule has 0 saturated heterocycles. The fraction of sp³-hybridized carbons (Fsp3) is 0.292. The van der Waals surface area contributed by atoms with Gasteiger partial charge in [0.2, 0.25) is 0 Å². The Kier molecular flexibility index (Phi) is 4.96. The quantitative estimate of drug-likeness (QED) is 0.467. The number of benzene rings is 1. The van der Waals surface area contributed by atoms with Crippen LogP contribution in [0.5, 0.6) is 0 Å². The van der Waals surface area contributed by atoms with E-state index in [1.807, 2.05) is 18.2 Å². The van der Waals surface area contributed by atoms with Gasteiger partial charge in [-0.05, 0) is 30.0 Å². The number of nitrogen functional groups attached to an aromatic ring is 1. The van der Waals surface area contributed by atoms with Crippen molar-refractivity contribution < 1.29 is 9.53 Å². The lowest BCUT2D eigenvalue weighted by Crippen LogP contribution is -2.32. The summed E-state index contributed by atoms with van der Waals surface area (Å²) in [4.78, 5) is 28.6. The monoisotopic (exact) mass is 475 g/mol. The van der Waals surface area contributed by atoms with Gasteiger partial charge in [0, 0.05) is 42.4 Å². The van der Waals surface area contributed by atoms with Gasteiger partial charge in [0.1, 0.15) is 17.5 Å². The zero-order valence-electron chi connectivity index (χ0n) is 18.5. The third kappa shape index (κ3) is 3.66. The van der Waals surface area contributed by atoms with E-state index in [0.717, 1.165) is 46.3 Å². The van der Waals surface area contributed by atoms with E-state index in [-0.39, 0.29) is 12.5 Å². The zero-order valence-corrected chi connectivity index (χ0v) is 19.3. The van der Waals surface area contributed by atoms with Crippen molar-refractivity contribution >= 4 is 40.0 Å². The highest BCUT2D eigenvalue weighted by Gasteiger charge is 2.28. The van der Waals surface area contributed by atoms with Gasteiger partial charge in [-0.25, -0.2) is 15.0 Å². The van der Waals surface area contributed by atoms with E-state index >= 15 is 0 Å². The molecule has 10 heteroatoms. The molecule has 2 N–H and O–H groups in total. The van der Waals surface area contributed by atoms with Crippen LogP contribution in [0.2, 0.25) is 5.15 Å². The first-order chi connectivity index (χ1) is 16.5. The first-order valence-electron chi connectivity index (χ1n) is 11.1. The van der Waals surface area contributed by atoms with E-state index < -0.39 is 0 Å². The Bertz CT molecular complexity index is 1430. The largest absolute Gasteiger partial charge is 0.383 e. The lowest BCUT2D eigenvalue weighted by Gasteiger charge is -2.23. The second kappa shape index (κ2) is 8.03. The standard InChI is InChI=1S/C24H22ClN7O2/c1-31-21(7-20(25)30-31)32(24(33)15-8-27-23(28-9-15)14-3-4-14)10-13-2-5-16-17-11-34-12-18(17)22(26)29-19(16)6-13/h2,5-9,14H,3-4,10-12H2,1H3,(H2,26,29). The molecule has 1 aromatic carbocycles. The van der Waals surface area contributed by atoms with Crippen molar-refractivity contribution in [3.8, 4) is 0 Å². The van der Waals surface area contributed by atoms with Crippen LogP contribution in [0.15, 0.2) is 36.7 Å².